The van der Waals surface area contributed by atoms with Crippen LogP contribution in [0.15, 0.2) is 42.5 Å². The standard InChI is InChI=1S/C15H14Cl2N2O2/c16-10-4-5-13(17)12(7-10)14(20)8-19-11-3-1-2-9(6-11)15(18)21/h1-7,14,19-20H,8H2,(H2,18,21). The smallest absolute Gasteiger partial charge is 0.248 e. The van der Waals surface area contributed by atoms with Crippen LogP contribution in [0.3, 0.4) is 0 Å². The van der Waals surface area contributed by atoms with Crippen molar-refractivity contribution in [2.24, 2.45) is 5.73 Å². The van der Waals surface area contributed by atoms with Crippen LogP contribution in [-0.4, -0.2) is 17.6 Å². The number of hydrogen-bond donors (Lipinski definition) is 3. The lowest BCUT2D eigenvalue weighted by molar-refractivity contribution is 0.100. The highest BCUT2D eigenvalue weighted by Crippen LogP contribution is 2.26. The number of primary amides is 1. The molecule has 21 heavy (non-hydrogen) atoms. The number of nitrogens with one attached hydrogen (secondary N) is 1. The summed E-state index contributed by atoms with van der Waals surface area (Å²) in [6.07, 6.45) is -0.826. The first-order chi connectivity index (χ1) is 9.97. The molecule has 0 aromatic heterocycles. The molecule has 4 N–H and O–H groups in total. The van der Waals surface area contributed by atoms with E-state index in [0.717, 1.165) is 0 Å². The van der Waals surface area contributed by atoms with Crippen LogP contribution in [0.2, 0.25) is 10.0 Å². The number of rotatable bonds is 5. The number of carbonyl (C=O) groups is 1. The molecule has 0 saturated heterocycles. The minimum Gasteiger partial charge on any atom is -0.387 e. The van der Waals surface area contributed by atoms with E-state index in [2.05, 4.69) is 5.32 Å². The topological polar surface area (TPSA) is 75.4 Å². The maximum atomic E-state index is 11.1. The van der Waals surface area contributed by atoms with Gasteiger partial charge in [0, 0.05) is 33.4 Å². The molecule has 0 aliphatic rings. The van der Waals surface area contributed by atoms with E-state index in [9.17, 15) is 9.90 Å². The third kappa shape index (κ3) is 4.11. The SMILES string of the molecule is NC(=O)c1cccc(NCC(O)c2cc(Cl)ccc2Cl)c1. The van der Waals surface area contributed by atoms with Crippen molar-refractivity contribution in [3.05, 3.63) is 63.6 Å². The van der Waals surface area contributed by atoms with E-state index in [0.29, 0.717) is 26.9 Å². The Bertz CT molecular complexity index is 662. The lowest BCUT2D eigenvalue weighted by Gasteiger charge is -2.15. The Hall–Kier alpha value is -1.75. The predicted octanol–water partition coefficient (Wildman–Crippen LogP) is 3.24. The van der Waals surface area contributed by atoms with Crippen LogP contribution in [0.5, 0.6) is 0 Å². The average Bonchev–Trinajstić information content (AvgIpc) is 2.47. The lowest BCUT2D eigenvalue weighted by atomic mass is 10.1. The van der Waals surface area contributed by atoms with Gasteiger partial charge in [0.1, 0.15) is 0 Å². The number of halogens is 2. The molecule has 1 unspecified atom stereocenters. The first kappa shape index (κ1) is 15.6. The van der Waals surface area contributed by atoms with Crippen molar-refractivity contribution < 1.29 is 9.90 Å². The third-order valence-electron chi connectivity index (χ3n) is 2.96. The molecule has 110 valence electrons. The van der Waals surface area contributed by atoms with Crippen molar-refractivity contribution >= 4 is 34.8 Å². The van der Waals surface area contributed by atoms with E-state index in [-0.39, 0.29) is 6.54 Å². The molecule has 0 bridgehead atoms. The first-order valence-electron chi connectivity index (χ1n) is 6.24. The summed E-state index contributed by atoms with van der Waals surface area (Å²) in [5.41, 5.74) is 6.84. The molecule has 2 rings (SSSR count). The number of amides is 1. The van der Waals surface area contributed by atoms with Crippen LogP contribution in [0, 0.1) is 0 Å². The lowest BCUT2D eigenvalue weighted by Crippen LogP contribution is -2.14. The van der Waals surface area contributed by atoms with E-state index < -0.39 is 12.0 Å². The van der Waals surface area contributed by atoms with Crippen molar-refractivity contribution in [3.8, 4) is 0 Å². The second kappa shape index (κ2) is 6.80. The molecule has 2 aromatic carbocycles. The largest absolute Gasteiger partial charge is 0.387 e. The summed E-state index contributed by atoms with van der Waals surface area (Å²) in [6, 6.07) is 11.6. The number of hydrogen-bond acceptors (Lipinski definition) is 3. The highest BCUT2D eigenvalue weighted by Gasteiger charge is 2.12. The fourth-order valence-electron chi connectivity index (χ4n) is 1.88. The highest BCUT2D eigenvalue weighted by atomic mass is 35.5. The number of aliphatic hydroxyl groups is 1. The Kier molecular flexibility index (Phi) is 5.07. The zero-order chi connectivity index (χ0) is 15.4. The van der Waals surface area contributed by atoms with Gasteiger partial charge >= 0.3 is 0 Å². The molecule has 0 aliphatic heterocycles. The molecule has 2 aromatic rings. The van der Waals surface area contributed by atoms with Gasteiger partial charge in [0.25, 0.3) is 0 Å². The first-order valence-corrected chi connectivity index (χ1v) is 6.99. The average molecular weight is 325 g/mol. The maximum absolute atomic E-state index is 11.1. The van der Waals surface area contributed by atoms with Crippen LogP contribution in [0.25, 0.3) is 0 Å². The number of carbonyl (C=O) groups excluding carboxylic acids is 1. The Balaban J connectivity index is 2.07. The molecule has 0 saturated carbocycles. The van der Waals surface area contributed by atoms with Gasteiger partial charge in [-0.15, -0.1) is 0 Å². The van der Waals surface area contributed by atoms with E-state index in [4.69, 9.17) is 28.9 Å². The summed E-state index contributed by atoms with van der Waals surface area (Å²) in [6.45, 7) is 0.224. The third-order valence-corrected chi connectivity index (χ3v) is 3.54. The van der Waals surface area contributed by atoms with Gasteiger partial charge in [-0.25, -0.2) is 0 Å². The van der Waals surface area contributed by atoms with Gasteiger partial charge in [0.15, 0.2) is 0 Å². The van der Waals surface area contributed by atoms with E-state index >= 15 is 0 Å². The Labute approximate surface area is 132 Å². The number of nitrogens with two attached hydrogens (primary N) is 1. The summed E-state index contributed by atoms with van der Waals surface area (Å²) in [7, 11) is 0. The second-order valence-corrected chi connectivity index (χ2v) is 5.35. The Morgan fingerprint density at radius 1 is 1.24 bits per heavy atom. The van der Waals surface area contributed by atoms with E-state index in [1.807, 2.05) is 0 Å². The Morgan fingerprint density at radius 3 is 2.71 bits per heavy atom. The van der Waals surface area contributed by atoms with Gasteiger partial charge in [-0.1, -0.05) is 29.3 Å². The fourth-order valence-corrected chi connectivity index (χ4v) is 2.30. The zero-order valence-corrected chi connectivity index (χ0v) is 12.5. The molecule has 6 heteroatoms. The summed E-state index contributed by atoms with van der Waals surface area (Å²) >= 11 is 11.9. The quantitative estimate of drug-likeness (QED) is 0.790. The van der Waals surface area contributed by atoms with Crippen LogP contribution in [0.1, 0.15) is 22.0 Å². The summed E-state index contributed by atoms with van der Waals surface area (Å²) in [5, 5.41) is 14.1. The van der Waals surface area contributed by atoms with E-state index in [1.165, 1.54) is 0 Å². The summed E-state index contributed by atoms with van der Waals surface area (Å²) in [5.74, 6) is -0.503. The van der Waals surface area contributed by atoms with Crippen LogP contribution in [0.4, 0.5) is 5.69 Å². The van der Waals surface area contributed by atoms with Crippen molar-refractivity contribution in [3.63, 3.8) is 0 Å². The molecule has 0 fully saturated rings. The minimum atomic E-state index is -0.826. The molecule has 0 spiro atoms. The van der Waals surface area contributed by atoms with Gasteiger partial charge in [-0.05, 0) is 36.4 Å². The van der Waals surface area contributed by atoms with E-state index in [1.54, 1.807) is 42.5 Å². The molecular formula is C15H14Cl2N2O2. The fraction of sp³-hybridized carbons (Fsp3) is 0.133. The van der Waals surface area contributed by atoms with Crippen LogP contribution < -0.4 is 11.1 Å². The van der Waals surface area contributed by atoms with Crippen molar-refractivity contribution in [1.29, 1.82) is 0 Å². The molecular weight excluding hydrogens is 311 g/mol. The molecule has 0 radical (unpaired) electrons. The number of anilines is 1. The van der Waals surface area contributed by atoms with Crippen molar-refractivity contribution in [2.45, 2.75) is 6.10 Å². The van der Waals surface area contributed by atoms with Gasteiger partial charge in [0.2, 0.25) is 5.91 Å². The number of benzene rings is 2. The summed E-state index contributed by atoms with van der Waals surface area (Å²) in [4.78, 5) is 11.1. The summed E-state index contributed by atoms with van der Waals surface area (Å²) < 4.78 is 0. The molecule has 0 aliphatic carbocycles. The minimum absolute atomic E-state index is 0.224. The normalized spacial score (nSPS) is 12.0. The maximum Gasteiger partial charge on any atom is 0.248 e. The highest BCUT2D eigenvalue weighted by molar-refractivity contribution is 6.33. The number of aliphatic hydroxyl groups excluding tert-OH is 1. The van der Waals surface area contributed by atoms with Gasteiger partial charge in [-0.3, -0.25) is 4.79 Å². The van der Waals surface area contributed by atoms with Crippen LogP contribution >= 0.6 is 23.2 Å². The van der Waals surface area contributed by atoms with Crippen molar-refractivity contribution in [1.82, 2.24) is 0 Å². The van der Waals surface area contributed by atoms with Crippen LogP contribution in [-0.2, 0) is 0 Å². The molecule has 1 atom stereocenters. The van der Waals surface area contributed by atoms with Crippen molar-refractivity contribution in [2.75, 3.05) is 11.9 Å². The van der Waals surface area contributed by atoms with Gasteiger partial charge in [0.05, 0.1) is 6.10 Å². The van der Waals surface area contributed by atoms with Gasteiger partial charge < -0.3 is 16.2 Å². The molecule has 0 heterocycles. The second-order valence-electron chi connectivity index (χ2n) is 4.51. The predicted molar refractivity (Wildman–Crippen MR) is 84.9 cm³/mol. The zero-order valence-electron chi connectivity index (χ0n) is 11.0. The molecule has 4 nitrogen and oxygen atoms in total. The monoisotopic (exact) mass is 324 g/mol. The van der Waals surface area contributed by atoms with Gasteiger partial charge in [-0.2, -0.15) is 0 Å². The molecule has 1 amide bonds. The Morgan fingerprint density at radius 2 is 2.00 bits per heavy atom.